The predicted molar refractivity (Wildman–Crippen MR) is 80.4 cm³/mol. The highest BCUT2D eigenvalue weighted by molar-refractivity contribution is 7.21. The molecule has 1 amide bonds. The lowest BCUT2D eigenvalue weighted by molar-refractivity contribution is 0.0795. The molecular formula is C14H19N3OS. The molecule has 2 aromatic heterocycles. The van der Waals surface area contributed by atoms with Crippen LogP contribution in [0.15, 0.2) is 18.3 Å². The topological polar surface area (TPSA) is 59.2 Å². The molecule has 0 bridgehead atoms. The molecule has 0 aliphatic heterocycles. The molecule has 0 fully saturated rings. The zero-order chi connectivity index (χ0) is 14.0. The largest absolute Gasteiger partial charge is 0.397 e. The lowest BCUT2D eigenvalue weighted by Gasteiger charge is -2.17. The van der Waals surface area contributed by atoms with Gasteiger partial charge in [0, 0.05) is 25.2 Å². The zero-order valence-corrected chi connectivity index (χ0v) is 12.3. The number of aromatic nitrogens is 1. The van der Waals surface area contributed by atoms with Gasteiger partial charge in [-0.05, 0) is 24.5 Å². The maximum absolute atomic E-state index is 12.4. The molecule has 0 saturated heterocycles. The summed E-state index contributed by atoms with van der Waals surface area (Å²) < 4.78 is 0. The Balaban J connectivity index is 2.24. The van der Waals surface area contributed by atoms with E-state index in [1.54, 1.807) is 11.1 Å². The number of thiophene rings is 1. The highest BCUT2D eigenvalue weighted by Crippen LogP contribution is 2.32. The van der Waals surface area contributed by atoms with Crippen LogP contribution >= 0.6 is 11.3 Å². The lowest BCUT2D eigenvalue weighted by atomic mass is 10.1. The fourth-order valence-electron chi connectivity index (χ4n) is 1.84. The van der Waals surface area contributed by atoms with E-state index < -0.39 is 0 Å². The highest BCUT2D eigenvalue weighted by Gasteiger charge is 2.20. The smallest absolute Gasteiger partial charge is 0.265 e. The minimum absolute atomic E-state index is 0.0128. The Morgan fingerprint density at radius 1 is 1.53 bits per heavy atom. The van der Waals surface area contributed by atoms with Gasteiger partial charge in [-0.3, -0.25) is 4.79 Å². The number of nitrogens with two attached hydrogens (primary N) is 1. The van der Waals surface area contributed by atoms with Crippen LogP contribution in [0, 0.1) is 5.92 Å². The third-order valence-corrected chi connectivity index (χ3v) is 4.20. The summed E-state index contributed by atoms with van der Waals surface area (Å²) in [5.74, 6) is 0.567. The monoisotopic (exact) mass is 277 g/mol. The van der Waals surface area contributed by atoms with Crippen molar-refractivity contribution in [2.75, 3.05) is 19.3 Å². The summed E-state index contributed by atoms with van der Waals surface area (Å²) in [6, 6.07) is 3.74. The van der Waals surface area contributed by atoms with Crippen LogP contribution in [0.25, 0.3) is 10.2 Å². The summed E-state index contributed by atoms with van der Waals surface area (Å²) in [5.41, 5.74) is 6.61. The molecule has 4 nitrogen and oxygen atoms in total. The van der Waals surface area contributed by atoms with Crippen LogP contribution in [0.1, 0.15) is 29.9 Å². The lowest BCUT2D eigenvalue weighted by Crippen LogP contribution is -2.28. The van der Waals surface area contributed by atoms with E-state index in [4.69, 9.17) is 5.73 Å². The molecule has 5 heteroatoms. The van der Waals surface area contributed by atoms with Crippen LogP contribution in [-0.2, 0) is 0 Å². The molecule has 102 valence electrons. The van der Waals surface area contributed by atoms with Crippen molar-refractivity contribution in [2.24, 2.45) is 5.92 Å². The molecule has 2 heterocycles. The van der Waals surface area contributed by atoms with Crippen LogP contribution < -0.4 is 5.73 Å². The van der Waals surface area contributed by atoms with Gasteiger partial charge in [0.1, 0.15) is 9.71 Å². The van der Waals surface area contributed by atoms with Gasteiger partial charge in [0.25, 0.3) is 5.91 Å². The zero-order valence-electron chi connectivity index (χ0n) is 11.5. The van der Waals surface area contributed by atoms with Gasteiger partial charge in [0.15, 0.2) is 0 Å². The molecule has 0 spiro atoms. The first-order chi connectivity index (χ1) is 9.00. The van der Waals surface area contributed by atoms with Crippen molar-refractivity contribution in [2.45, 2.75) is 20.3 Å². The van der Waals surface area contributed by atoms with Crippen molar-refractivity contribution in [3.63, 3.8) is 0 Å². The minimum atomic E-state index is -0.0128. The minimum Gasteiger partial charge on any atom is -0.397 e. The van der Waals surface area contributed by atoms with Gasteiger partial charge in [0.05, 0.1) is 5.69 Å². The van der Waals surface area contributed by atoms with Crippen molar-refractivity contribution in [1.29, 1.82) is 0 Å². The van der Waals surface area contributed by atoms with Crippen LogP contribution in [0.2, 0.25) is 0 Å². The fourth-order valence-corrected chi connectivity index (χ4v) is 2.89. The van der Waals surface area contributed by atoms with Crippen LogP contribution in [0.4, 0.5) is 5.69 Å². The second-order valence-corrected chi connectivity index (χ2v) is 6.11. The fraction of sp³-hybridized carbons (Fsp3) is 0.429. The summed E-state index contributed by atoms with van der Waals surface area (Å²) >= 11 is 1.37. The van der Waals surface area contributed by atoms with E-state index in [-0.39, 0.29) is 5.91 Å². The molecule has 0 radical (unpaired) electrons. The first-order valence-electron chi connectivity index (χ1n) is 6.39. The van der Waals surface area contributed by atoms with Gasteiger partial charge in [0.2, 0.25) is 0 Å². The summed E-state index contributed by atoms with van der Waals surface area (Å²) in [6.45, 7) is 5.05. The maximum Gasteiger partial charge on any atom is 0.265 e. The van der Waals surface area contributed by atoms with E-state index in [0.29, 0.717) is 16.5 Å². The number of fused-ring (bicyclic) bond motifs is 1. The average Bonchev–Trinajstić information content (AvgIpc) is 2.73. The molecule has 0 unspecified atom stereocenters. The van der Waals surface area contributed by atoms with Gasteiger partial charge < -0.3 is 10.6 Å². The predicted octanol–water partition coefficient (Wildman–Crippen LogP) is 3.00. The van der Waals surface area contributed by atoms with Crippen LogP contribution in [0.3, 0.4) is 0 Å². The molecule has 2 aromatic rings. The second-order valence-electron chi connectivity index (χ2n) is 5.11. The Hall–Kier alpha value is -1.62. The number of nitrogens with zero attached hydrogens (tertiary/aromatic N) is 2. The number of rotatable bonds is 4. The van der Waals surface area contributed by atoms with E-state index >= 15 is 0 Å². The van der Waals surface area contributed by atoms with Crippen LogP contribution in [0.5, 0.6) is 0 Å². The van der Waals surface area contributed by atoms with Crippen molar-refractivity contribution in [1.82, 2.24) is 9.88 Å². The van der Waals surface area contributed by atoms with Gasteiger partial charge in [-0.25, -0.2) is 4.98 Å². The third-order valence-electron chi connectivity index (χ3n) is 3.09. The number of pyridine rings is 1. The summed E-state index contributed by atoms with van der Waals surface area (Å²) in [7, 11) is 1.82. The number of carbonyl (C=O) groups excluding carboxylic acids is 1. The van der Waals surface area contributed by atoms with E-state index in [9.17, 15) is 4.79 Å². The molecule has 0 atom stereocenters. The van der Waals surface area contributed by atoms with Gasteiger partial charge in [-0.1, -0.05) is 13.8 Å². The molecular weight excluding hydrogens is 258 g/mol. The van der Waals surface area contributed by atoms with Gasteiger partial charge >= 0.3 is 0 Å². The molecule has 0 aromatic carbocycles. The highest BCUT2D eigenvalue weighted by atomic mass is 32.1. The van der Waals surface area contributed by atoms with E-state index in [1.807, 2.05) is 19.2 Å². The third kappa shape index (κ3) is 2.87. The second kappa shape index (κ2) is 5.57. The summed E-state index contributed by atoms with van der Waals surface area (Å²) in [4.78, 5) is 19.8. The molecule has 2 N–H and O–H groups in total. The molecule has 0 saturated carbocycles. The number of amides is 1. The number of anilines is 1. The van der Waals surface area contributed by atoms with Crippen molar-refractivity contribution < 1.29 is 4.79 Å². The SMILES string of the molecule is CC(C)CCN(C)C(=O)c1sc2ncccc2c1N. The summed E-state index contributed by atoms with van der Waals surface area (Å²) in [5, 5.41) is 0.869. The van der Waals surface area contributed by atoms with E-state index in [1.165, 1.54) is 11.3 Å². The summed E-state index contributed by atoms with van der Waals surface area (Å²) in [6.07, 6.45) is 2.71. The van der Waals surface area contributed by atoms with Crippen molar-refractivity contribution in [3.8, 4) is 0 Å². The van der Waals surface area contributed by atoms with Crippen LogP contribution in [-0.4, -0.2) is 29.4 Å². The quantitative estimate of drug-likeness (QED) is 0.934. The first kappa shape index (κ1) is 13.8. The number of hydrogen-bond acceptors (Lipinski definition) is 4. The number of nitrogen functional groups attached to an aromatic ring is 1. The standard InChI is InChI=1S/C14H19N3OS/c1-9(2)6-8-17(3)14(18)12-11(15)10-5-4-7-16-13(10)19-12/h4-5,7,9H,6,8,15H2,1-3H3. The Morgan fingerprint density at radius 3 is 2.89 bits per heavy atom. The molecule has 19 heavy (non-hydrogen) atoms. The Bertz CT molecular complexity index is 591. The normalized spacial score (nSPS) is 11.2. The van der Waals surface area contributed by atoms with Crippen molar-refractivity contribution in [3.05, 3.63) is 23.2 Å². The Kier molecular flexibility index (Phi) is 4.04. The number of carbonyl (C=O) groups is 1. The average molecular weight is 277 g/mol. The van der Waals surface area contributed by atoms with E-state index in [2.05, 4.69) is 18.8 Å². The van der Waals surface area contributed by atoms with Gasteiger partial charge in [-0.2, -0.15) is 0 Å². The Labute approximate surface area is 117 Å². The first-order valence-corrected chi connectivity index (χ1v) is 7.20. The molecule has 2 rings (SSSR count). The molecule has 0 aliphatic rings. The van der Waals surface area contributed by atoms with E-state index in [0.717, 1.165) is 23.2 Å². The maximum atomic E-state index is 12.4. The van der Waals surface area contributed by atoms with Gasteiger partial charge in [-0.15, -0.1) is 11.3 Å². The number of hydrogen-bond donors (Lipinski definition) is 1. The van der Waals surface area contributed by atoms with Crippen molar-refractivity contribution >= 4 is 33.1 Å². The Morgan fingerprint density at radius 2 is 2.26 bits per heavy atom. The molecule has 0 aliphatic carbocycles.